The Balaban J connectivity index is 1.19. The highest BCUT2D eigenvalue weighted by molar-refractivity contribution is 6.31. The average molecular weight is 651 g/mol. The van der Waals surface area contributed by atoms with E-state index in [1.54, 1.807) is 0 Å². The largest absolute Gasteiger partial charge is 0.455 e. The molecule has 0 saturated carbocycles. The minimum Gasteiger partial charge on any atom is -0.455 e. The van der Waals surface area contributed by atoms with Crippen LogP contribution < -0.4 is 0 Å². The first-order chi connectivity index (χ1) is 25.3. The van der Waals surface area contributed by atoms with Crippen LogP contribution in [0.1, 0.15) is 0 Å². The van der Waals surface area contributed by atoms with Gasteiger partial charge in [-0.05, 0) is 51.2 Å². The summed E-state index contributed by atoms with van der Waals surface area (Å²) in [5.41, 5.74) is 9.79. The van der Waals surface area contributed by atoms with Crippen molar-refractivity contribution in [3.05, 3.63) is 158 Å². The number of hydrogen-bond donors (Lipinski definition) is 0. The Morgan fingerprint density at radius 2 is 0.706 bits per heavy atom. The molecule has 3 aromatic heterocycles. The van der Waals surface area contributed by atoms with Gasteiger partial charge in [-0.1, -0.05) is 133 Å². The van der Waals surface area contributed by atoms with E-state index >= 15 is 0 Å². The zero-order chi connectivity index (χ0) is 33.2. The highest BCUT2D eigenvalue weighted by Crippen LogP contribution is 2.49. The van der Waals surface area contributed by atoms with Gasteiger partial charge in [0.15, 0.2) is 0 Å². The second-order valence-corrected chi connectivity index (χ2v) is 13.5. The second kappa shape index (κ2) is 9.87. The molecular formula is C48H26O3. The molecule has 9 aromatic carbocycles. The Morgan fingerprint density at radius 3 is 1.35 bits per heavy atom. The van der Waals surface area contributed by atoms with Crippen molar-refractivity contribution in [3.8, 4) is 22.3 Å². The van der Waals surface area contributed by atoms with Gasteiger partial charge in [-0.25, -0.2) is 0 Å². The van der Waals surface area contributed by atoms with Crippen molar-refractivity contribution in [1.82, 2.24) is 0 Å². The van der Waals surface area contributed by atoms with Crippen molar-refractivity contribution in [2.24, 2.45) is 0 Å². The minimum absolute atomic E-state index is 0.850. The lowest BCUT2D eigenvalue weighted by atomic mass is 9.85. The fraction of sp³-hybridized carbons (Fsp3) is 0. The van der Waals surface area contributed by atoms with Crippen LogP contribution in [0.4, 0.5) is 0 Å². The van der Waals surface area contributed by atoms with E-state index in [0.29, 0.717) is 0 Å². The Labute approximate surface area is 290 Å². The molecule has 0 atom stereocenters. The molecule has 12 rings (SSSR count). The molecule has 12 aromatic rings. The molecular weight excluding hydrogens is 625 g/mol. The van der Waals surface area contributed by atoms with E-state index in [-0.39, 0.29) is 0 Å². The van der Waals surface area contributed by atoms with Crippen molar-refractivity contribution >= 4 is 98.1 Å². The van der Waals surface area contributed by atoms with Crippen molar-refractivity contribution in [2.75, 3.05) is 0 Å². The van der Waals surface area contributed by atoms with Crippen LogP contribution in [0.5, 0.6) is 0 Å². The predicted octanol–water partition coefficient (Wildman–Crippen LogP) is 14.2. The summed E-state index contributed by atoms with van der Waals surface area (Å²) < 4.78 is 20.1. The number of para-hydroxylation sites is 3. The van der Waals surface area contributed by atoms with Gasteiger partial charge in [0.2, 0.25) is 0 Å². The van der Waals surface area contributed by atoms with Gasteiger partial charge in [0, 0.05) is 60.0 Å². The normalized spacial score (nSPS) is 12.3. The first kappa shape index (κ1) is 27.0. The maximum atomic E-state index is 6.90. The highest BCUT2D eigenvalue weighted by Gasteiger charge is 2.24. The van der Waals surface area contributed by atoms with Gasteiger partial charge in [-0.3, -0.25) is 0 Å². The molecule has 236 valence electrons. The fourth-order valence-corrected chi connectivity index (χ4v) is 8.73. The van der Waals surface area contributed by atoms with E-state index in [1.807, 2.05) is 12.1 Å². The molecule has 0 radical (unpaired) electrons. The zero-order valence-corrected chi connectivity index (χ0v) is 27.2. The van der Waals surface area contributed by atoms with E-state index in [1.165, 1.54) is 21.7 Å². The summed E-state index contributed by atoms with van der Waals surface area (Å²) in [4.78, 5) is 0. The van der Waals surface area contributed by atoms with E-state index in [4.69, 9.17) is 13.3 Å². The molecule has 0 aliphatic heterocycles. The minimum atomic E-state index is 0.850. The monoisotopic (exact) mass is 650 g/mol. The first-order valence-corrected chi connectivity index (χ1v) is 17.3. The molecule has 0 N–H and O–H groups in total. The molecule has 0 amide bonds. The summed E-state index contributed by atoms with van der Waals surface area (Å²) in [6.45, 7) is 0. The van der Waals surface area contributed by atoms with Crippen LogP contribution >= 0.6 is 0 Å². The number of rotatable bonds is 2. The zero-order valence-electron chi connectivity index (χ0n) is 27.2. The lowest BCUT2D eigenvalue weighted by molar-refractivity contribution is 0.665. The van der Waals surface area contributed by atoms with Gasteiger partial charge < -0.3 is 13.3 Å². The smallest absolute Gasteiger partial charge is 0.143 e. The molecule has 3 heteroatoms. The predicted molar refractivity (Wildman–Crippen MR) is 212 cm³/mol. The molecule has 0 spiro atoms. The van der Waals surface area contributed by atoms with Crippen molar-refractivity contribution < 1.29 is 13.3 Å². The van der Waals surface area contributed by atoms with Crippen molar-refractivity contribution in [3.63, 3.8) is 0 Å². The molecule has 0 saturated heterocycles. The number of hydrogen-bond acceptors (Lipinski definition) is 3. The lowest BCUT2D eigenvalue weighted by Gasteiger charge is -2.18. The van der Waals surface area contributed by atoms with Crippen LogP contribution in [-0.4, -0.2) is 0 Å². The van der Waals surface area contributed by atoms with Crippen LogP contribution in [0.2, 0.25) is 0 Å². The average Bonchev–Trinajstić information content (AvgIpc) is 3.88. The summed E-state index contributed by atoms with van der Waals surface area (Å²) in [5, 5.41) is 13.5. The quantitative estimate of drug-likeness (QED) is 0.175. The Bertz CT molecular complexity index is 3370. The standard InChI is InChI=1S/C48H26O3/c1-2-12-28-27(11-1)23-24-38-45-41(50-46(28)38)26-25-40-44(45)37-21-10-20-36(48(37)51-40)43-32-16-5-3-14-30(32)42(31-15-4-6-17-33(31)43)35-19-9-18-34-29-13-7-8-22-39(29)49-47(34)35/h1-26H. The Morgan fingerprint density at radius 1 is 0.255 bits per heavy atom. The molecule has 0 aliphatic rings. The van der Waals surface area contributed by atoms with Crippen LogP contribution in [0, 0.1) is 0 Å². The molecule has 0 fully saturated rings. The highest BCUT2D eigenvalue weighted by atomic mass is 16.3. The summed E-state index contributed by atoms with van der Waals surface area (Å²) in [6.07, 6.45) is 0. The summed E-state index contributed by atoms with van der Waals surface area (Å²) in [6, 6.07) is 55.8. The Hall–Kier alpha value is -6.84. The van der Waals surface area contributed by atoms with E-state index < -0.39 is 0 Å². The lowest BCUT2D eigenvalue weighted by Crippen LogP contribution is -1.91. The van der Waals surface area contributed by atoms with Crippen LogP contribution in [0.3, 0.4) is 0 Å². The van der Waals surface area contributed by atoms with Crippen molar-refractivity contribution in [1.29, 1.82) is 0 Å². The third kappa shape index (κ3) is 3.57. The van der Waals surface area contributed by atoms with E-state index in [0.717, 1.165) is 98.7 Å². The molecule has 0 unspecified atom stereocenters. The van der Waals surface area contributed by atoms with Crippen molar-refractivity contribution in [2.45, 2.75) is 0 Å². The van der Waals surface area contributed by atoms with Gasteiger partial charge in [0.25, 0.3) is 0 Å². The SMILES string of the molecule is c1ccc2c(c1)ccc1c2oc2ccc3oc4c(-c5c6ccccc6c(-c6cccc7c6oc6ccccc67)c6ccccc56)cccc4c3c21. The van der Waals surface area contributed by atoms with Crippen LogP contribution in [0.25, 0.3) is 120 Å². The van der Waals surface area contributed by atoms with E-state index in [9.17, 15) is 0 Å². The number of benzene rings is 9. The molecule has 0 bridgehead atoms. The van der Waals surface area contributed by atoms with Crippen LogP contribution in [0.15, 0.2) is 171 Å². The van der Waals surface area contributed by atoms with Gasteiger partial charge in [-0.2, -0.15) is 0 Å². The molecule has 3 heterocycles. The van der Waals surface area contributed by atoms with Gasteiger partial charge in [0.05, 0.1) is 0 Å². The molecule has 0 aliphatic carbocycles. The maximum Gasteiger partial charge on any atom is 0.143 e. The van der Waals surface area contributed by atoms with Gasteiger partial charge in [0.1, 0.15) is 33.5 Å². The third-order valence-corrected chi connectivity index (χ3v) is 10.9. The summed E-state index contributed by atoms with van der Waals surface area (Å²) in [7, 11) is 0. The third-order valence-electron chi connectivity index (χ3n) is 10.9. The number of fused-ring (bicyclic) bond motifs is 14. The first-order valence-electron chi connectivity index (χ1n) is 17.3. The van der Waals surface area contributed by atoms with E-state index in [2.05, 4.69) is 146 Å². The molecule has 3 nitrogen and oxygen atoms in total. The fourth-order valence-electron chi connectivity index (χ4n) is 8.73. The van der Waals surface area contributed by atoms with Gasteiger partial charge >= 0.3 is 0 Å². The number of furan rings is 3. The summed E-state index contributed by atoms with van der Waals surface area (Å²) in [5.74, 6) is 0. The van der Waals surface area contributed by atoms with Gasteiger partial charge in [-0.15, -0.1) is 0 Å². The van der Waals surface area contributed by atoms with Crippen LogP contribution in [-0.2, 0) is 0 Å². The maximum absolute atomic E-state index is 6.90. The summed E-state index contributed by atoms with van der Waals surface area (Å²) >= 11 is 0. The topological polar surface area (TPSA) is 39.4 Å². The Kier molecular flexibility index (Phi) is 5.23. The second-order valence-electron chi connectivity index (χ2n) is 13.5. The molecule has 51 heavy (non-hydrogen) atoms.